The van der Waals surface area contributed by atoms with Crippen LogP contribution < -0.4 is 5.32 Å². The van der Waals surface area contributed by atoms with Crippen molar-refractivity contribution in [2.45, 2.75) is 32.2 Å². The van der Waals surface area contributed by atoms with E-state index in [1.165, 1.54) is 31.4 Å². The van der Waals surface area contributed by atoms with Crippen LogP contribution in [0.2, 0.25) is 0 Å². The lowest BCUT2D eigenvalue weighted by Crippen LogP contribution is -2.20. The van der Waals surface area contributed by atoms with Crippen LogP contribution in [0.1, 0.15) is 37.8 Å². The van der Waals surface area contributed by atoms with Crippen molar-refractivity contribution in [1.29, 1.82) is 0 Å². The molecule has 1 unspecified atom stereocenters. The molecular weight excluding hydrogens is 202 g/mol. The summed E-state index contributed by atoms with van der Waals surface area (Å²) in [6.07, 6.45) is 3.95. The number of hydrogen-bond donors (Lipinski definition) is 3. The van der Waals surface area contributed by atoms with Crippen LogP contribution in [-0.2, 0) is 0 Å². The summed E-state index contributed by atoms with van der Waals surface area (Å²) in [4.78, 5) is 0. The number of hydrogen-bond acceptors (Lipinski definition) is 3. The number of benzene rings is 1. The molecule has 0 radical (unpaired) electrons. The smallest absolute Gasteiger partial charge is 0.120 e. The second kappa shape index (κ2) is 4.74. The van der Waals surface area contributed by atoms with Gasteiger partial charge in [-0.1, -0.05) is 12.8 Å². The summed E-state index contributed by atoms with van der Waals surface area (Å²) < 4.78 is 0. The number of rotatable bonds is 5. The Morgan fingerprint density at radius 2 is 2.12 bits per heavy atom. The Balaban J connectivity index is 1.90. The molecule has 1 atom stereocenters. The molecule has 1 aliphatic carbocycles. The van der Waals surface area contributed by atoms with Crippen molar-refractivity contribution < 1.29 is 10.2 Å². The molecule has 3 N–H and O–H groups in total. The fourth-order valence-corrected chi connectivity index (χ4v) is 1.91. The van der Waals surface area contributed by atoms with Gasteiger partial charge in [-0.3, -0.25) is 0 Å². The number of aromatic hydroxyl groups is 2. The van der Waals surface area contributed by atoms with E-state index in [1.54, 1.807) is 6.07 Å². The lowest BCUT2D eigenvalue weighted by molar-refractivity contribution is 0.439. The van der Waals surface area contributed by atoms with Gasteiger partial charge in [0, 0.05) is 11.6 Å². The van der Waals surface area contributed by atoms with Gasteiger partial charge < -0.3 is 15.5 Å². The monoisotopic (exact) mass is 221 g/mol. The number of phenols is 2. The zero-order chi connectivity index (χ0) is 11.5. The van der Waals surface area contributed by atoms with Gasteiger partial charge in [-0.2, -0.15) is 0 Å². The Kier molecular flexibility index (Phi) is 3.34. The maximum atomic E-state index is 9.68. The first-order chi connectivity index (χ1) is 7.66. The van der Waals surface area contributed by atoms with Crippen molar-refractivity contribution in [1.82, 2.24) is 5.32 Å². The third-order valence-corrected chi connectivity index (χ3v) is 3.18. The van der Waals surface area contributed by atoms with Crippen molar-refractivity contribution in [3.8, 4) is 11.5 Å². The minimum absolute atomic E-state index is 0.0749. The van der Waals surface area contributed by atoms with Crippen molar-refractivity contribution in [3.05, 3.63) is 23.8 Å². The molecule has 88 valence electrons. The van der Waals surface area contributed by atoms with E-state index in [0.29, 0.717) is 0 Å². The van der Waals surface area contributed by atoms with Crippen LogP contribution in [0.15, 0.2) is 18.2 Å². The van der Waals surface area contributed by atoms with Gasteiger partial charge in [-0.05, 0) is 44.0 Å². The standard InChI is InChI=1S/C13H19NO2/c1-9(14-7-6-10-2-3-10)12-8-11(15)4-5-13(12)16/h4-5,8-10,14-16H,2-3,6-7H2,1H3. The molecule has 0 aromatic heterocycles. The largest absolute Gasteiger partial charge is 0.508 e. The van der Waals surface area contributed by atoms with Crippen LogP contribution in [0.5, 0.6) is 11.5 Å². The lowest BCUT2D eigenvalue weighted by atomic mass is 10.1. The molecule has 0 amide bonds. The second-order valence-electron chi connectivity index (χ2n) is 4.65. The quantitative estimate of drug-likeness (QED) is 0.670. The molecule has 1 fully saturated rings. The number of nitrogens with one attached hydrogen (secondary N) is 1. The van der Waals surface area contributed by atoms with E-state index in [1.807, 2.05) is 6.92 Å². The van der Waals surface area contributed by atoms with Crippen LogP contribution in [0.25, 0.3) is 0 Å². The highest BCUT2D eigenvalue weighted by molar-refractivity contribution is 5.40. The van der Waals surface area contributed by atoms with Crippen LogP contribution in [-0.4, -0.2) is 16.8 Å². The molecule has 0 heterocycles. The summed E-state index contributed by atoms with van der Waals surface area (Å²) in [6, 6.07) is 4.72. The molecular formula is C13H19NO2. The molecule has 3 nitrogen and oxygen atoms in total. The van der Waals surface area contributed by atoms with Gasteiger partial charge in [0.05, 0.1) is 0 Å². The molecule has 0 aliphatic heterocycles. The Bertz CT molecular complexity index is 361. The maximum Gasteiger partial charge on any atom is 0.120 e. The highest BCUT2D eigenvalue weighted by Crippen LogP contribution is 2.32. The summed E-state index contributed by atoms with van der Waals surface area (Å²) in [6.45, 7) is 2.97. The molecule has 1 aromatic rings. The van der Waals surface area contributed by atoms with Crippen LogP contribution >= 0.6 is 0 Å². The molecule has 0 spiro atoms. The Morgan fingerprint density at radius 1 is 1.38 bits per heavy atom. The minimum Gasteiger partial charge on any atom is -0.508 e. The topological polar surface area (TPSA) is 52.5 Å². The van der Waals surface area contributed by atoms with E-state index >= 15 is 0 Å². The first-order valence-corrected chi connectivity index (χ1v) is 5.92. The van der Waals surface area contributed by atoms with E-state index in [9.17, 15) is 10.2 Å². The van der Waals surface area contributed by atoms with Crippen molar-refractivity contribution in [2.24, 2.45) is 5.92 Å². The predicted molar refractivity (Wildman–Crippen MR) is 63.5 cm³/mol. The average Bonchev–Trinajstić information content (AvgIpc) is 3.05. The Hall–Kier alpha value is -1.22. The van der Waals surface area contributed by atoms with Crippen LogP contribution in [0, 0.1) is 5.92 Å². The first-order valence-electron chi connectivity index (χ1n) is 5.92. The first kappa shape index (κ1) is 11.3. The molecule has 2 rings (SSSR count). The number of phenolic OH excluding ortho intramolecular Hbond substituents is 2. The molecule has 0 saturated heterocycles. The third kappa shape index (κ3) is 2.89. The van der Waals surface area contributed by atoms with Gasteiger partial charge in [0.1, 0.15) is 11.5 Å². The minimum atomic E-state index is 0.0749. The molecule has 3 heteroatoms. The summed E-state index contributed by atoms with van der Waals surface area (Å²) in [5.74, 6) is 1.35. The highest BCUT2D eigenvalue weighted by atomic mass is 16.3. The maximum absolute atomic E-state index is 9.68. The van der Waals surface area contributed by atoms with E-state index < -0.39 is 0 Å². The van der Waals surface area contributed by atoms with E-state index in [-0.39, 0.29) is 17.5 Å². The molecule has 1 saturated carbocycles. The van der Waals surface area contributed by atoms with E-state index in [0.717, 1.165) is 18.0 Å². The van der Waals surface area contributed by atoms with Crippen molar-refractivity contribution >= 4 is 0 Å². The highest BCUT2D eigenvalue weighted by Gasteiger charge is 2.20. The normalized spacial score (nSPS) is 17.3. The SMILES string of the molecule is CC(NCCC1CC1)c1cc(O)ccc1O. The van der Waals surface area contributed by atoms with Gasteiger partial charge in [-0.25, -0.2) is 0 Å². The van der Waals surface area contributed by atoms with Crippen LogP contribution in [0.3, 0.4) is 0 Å². The summed E-state index contributed by atoms with van der Waals surface area (Å²) in [7, 11) is 0. The van der Waals surface area contributed by atoms with Gasteiger partial charge in [0.15, 0.2) is 0 Å². The molecule has 16 heavy (non-hydrogen) atoms. The summed E-state index contributed by atoms with van der Waals surface area (Å²) in [5.41, 5.74) is 0.760. The predicted octanol–water partition coefficient (Wildman–Crippen LogP) is 2.55. The lowest BCUT2D eigenvalue weighted by Gasteiger charge is -2.15. The van der Waals surface area contributed by atoms with Gasteiger partial charge in [0.25, 0.3) is 0 Å². The molecule has 0 bridgehead atoms. The molecule has 1 aliphatic rings. The van der Waals surface area contributed by atoms with Gasteiger partial charge >= 0.3 is 0 Å². The fraction of sp³-hybridized carbons (Fsp3) is 0.538. The Labute approximate surface area is 96.1 Å². The summed E-state index contributed by atoms with van der Waals surface area (Å²) >= 11 is 0. The van der Waals surface area contributed by atoms with Crippen LogP contribution in [0.4, 0.5) is 0 Å². The van der Waals surface area contributed by atoms with E-state index in [2.05, 4.69) is 5.32 Å². The Morgan fingerprint density at radius 3 is 2.81 bits per heavy atom. The zero-order valence-electron chi connectivity index (χ0n) is 9.61. The van der Waals surface area contributed by atoms with E-state index in [4.69, 9.17) is 0 Å². The average molecular weight is 221 g/mol. The molecule has 1 aromatic carbocycles. The second-order valence-corrected chi connectivity index (χ2v) is 4.65. The van der Waals surface area contributed by atoms with Gasteiger partial charge in [0.2, 0.25) is 0 Å². The van der Waals surface area contributed by atoms with Crippen molar-refractivity contribution in [2.75, 3.05) is 6.54 Å². The van der Waals surface area contributed by atoms with Crippen molar-refractivity contribution in [3.63, 3.8) is 0 Å². The summed E-state index contributed by atoms with van der Waals surface area (Å²) in [5, 5.41) is 22.4. The third-order valence-electron chi connectivity index (χ3n) is 3.18. The van der Waals surface area contributed by atoms with Gasteiger partial charge in [-0.15, -0.1) is 0 Å². The fourth-order valence-electron chi connectivity index (χ4n) is 1.91. The zero-order valence-corrected chi connectivity index (χ0v) is 9.61.